The molecule has 0 radical (unpaired) electrons. The van der Waals surface area contributed by atoms with Crippen molar-refractivity contribution in [3.63, 3.8) is 0 Å². The van der Waals surface area contributed by atoms with Gasteiger partial charge in [-0.3, -0.25) is 0 Å². The van der Waals surface area contributed by atoms with Gasteiger partial charge in [-0.2, -0.15) is 5.26 Å². The third-order valence-electron chi connectivity index (χ3n) is 2.14. The Morgan fingerprint density at radius 1 is 1.56 bits per heavy atom. The number of thiazole rings is 1. The molecule has 2 aromatic rings. The van der Waals surface area contributed by atoms with Crippen molar-refractivity contribution >= 4 is 28.8 Å². The van der Waals surface area contributed by atoms with Gasteiger partial charge in [0, 0.05) is 11.6 Å². The molecule has 0 unspecified atom stereocenters. The normalized spacial score (nSPS) is 10.1. The van der Waals surface area contributed by atoms with Crippen LogP contribution in [0, 0.1) is 11.3 Å². The van der Waals surface area contributed by atoms with E-state index in [0.717, 1.165) is 5.01 Å². The fraction of sp³-hybridized carbons (Fsp3) is 0.182. The van der Waals surface area contributed by atoms with E-state index in [-0.39, 0.29) is 6.61 Å². The van der Waals surface area contributed by atoms with Crippen LogP contribution in [-0.4, -0.2) is 15.1 Å². The fourth-order valence-corrected chi connectivity index (χ4v) is 2.25. The summed E-state index contributed by atoms with van der Waals surface area (Å²) in [6.45, 7) is 0.412. The molecule has 0 amide bonds. The van der Waals surface area contributed by atoms with Gasteiger partial charge in [-0.15, -0.1) is 11.3 Å². The minimum absolute atomic E-state index is 0.0631. The minimum Gasteiger partial charge on any atom is -0.390 e. The number of nitriles is 1. The van der Waals surface area contributed by atoms with Gasteiger partial charge in [-0.05, 0) is 6.07 Å². The van der Waals surface area contributed by atoms with E-state index in [9.17, 15) is 0 Å². The number of aliphatic hydroxyl groups excluding tert-OH is 1. The van der Waals surface area contributed by atoms with Crippen LogP contribution in [-0.2, 0) is 13.2 Å². The highest BCUT2D eigenvalue weighted by atomic mass is 35.5. The van der Waals surface area contributed by atoms with Crippen LogP contribution in [0.5, 0.6) is 0 Å². The number of halogens is 1. The molecular weight excluding hydrogens is 272 g/mol. The largest absolute Gasteiger partial charge is 0.390 e. The van der Waals surface area contributed by atoms with Crippen molar-refractivity contribution in [1.82, 2.24) is 9.97 Å². The number of pyridine rings is 1. The van der Waals surface area contributed by atoms with Gasteiger partial charge in [-0.25, -0.2) is 9.97 Å². The Labute approximate surface area is 113 Å². The highest BCUT2D eigenvalue weighted by Crippen LogP contribution is 2.21. The van der Waals surface area contributed by atoms with Crippen LogP contribution in [0.25, 0.3) is 0 Å². The lowest BCUT2D eigenvalue weighted by Gasteiger charge is -2.05. The smallest absolute Gasteiger partial charge is 0.145 e. The van der Waals surface area contributed by atoms with Gasteiger partial charge in [0.25, 0.3) is 0 Å². The number of hydrogen-bond acceptors (Lipinski definition) is 6. The standard InChI is InChI=1S/C11H9ClN4OS/c12-9-1-7(2-13)3-14-11(9)15-4-10-16-8(5-17)6-18-10/h1,3,6,17H,4-5H2,(H,14,15). The molecular formula is C11H9ClN4OS. The summed E-state index contributed by atoms with van der Waals surface area (Å²) in [4.78, 5) is 8.24. The van der Waals surface area contributed by atoms with Gasteiger partial charge in [0.15, 0.2) is 0 Å². The zero-order chi connectivity index (χ0) is 13.0. The van der Waals surface area contributed by atoms with E-state index in [1.165, 1.54) is 17.5 Å². The van der Waals surface area contributed by atoms with Crippen LogP contribution in [0.2, 0.25) is 5.02 Å². The molecule has 2 heterocycles. The van der Waals surface area contributed by atoms with Crippen molar-refractivity contribution in [3.8, 4) is 6.07 Å². The Balaban J connectivity index is 2.04. The van der Waals surface area contributed by atoms with Crippen LogP contribution < -0.4 is 5.32 Å². The second kappa shape index (κ2) is 5.78. The molecule has 2 N–H and O–H groups in total. The fourth-order valence-electron chi connectivity index (χ4n) is 1.29. The molecule has 0 fully saturated rings. The molecule has 0 saturated heterocycles. The number of aromatic nitrogens is 2. The zero-order valence-electron chi connectivity index (χ0n) is 9.22. The van der Waals surface area contributed by atoms with E-state index in [1.807, 2.05) is 6.07 Å². The first kappa shape index (κ1) is 12.8. The quantitative estimate of drug-likeness (QED) is 0.897. The maximum absolute atomic E-state index is 8.90. The van der Waals surface area contributed by atoms with E-state index < -0.39 is 0 Å². The number of nitrogens with zero attached hydrogens (tertiary/aromatic N) is 3. The van der Waals surface area contributed by atoms with Gasteiger partial charge in [0.1, 0.15) is 16.9 Å². The van der Waals surface area contributed by atoms with Crippen molar-refractivity contribution in [2.75, 3.05) is 5.32 Å². The summed E-state index contributed by atoms with van der Waals surface area (Å²) in [7, 11) is 0. The third-order valence-corrected chi connectivity index (χ3v) is 3.32. The number of anilines is 1. The zero-order valence-corrected chi connectivity index (χ0v) is 10.8. The Kier molecular flexibility index (Phi) is 4.10. The Morgan fingerprint density at radius 2 is 2.39 bits per heavy atom. The van der Waals surface area contributed by atoms with E-state index in [1.54, 1.807) is 11.4 Å². The summed E-state index contributed by atoms with van der Waals surface area (Å²) in [5.41, 5.74) is 1.07. The average Bonchev–Trinajstić information content (AvgIpc) is 2.85. The lowest BCUT2D eigenvalue weighted by atomic mass is 10.3. The van der Waals surface area contributed by atoms with Crippen LogP contribution in [0.15, 0.2) is 17.6 Å². The molecule has 0 aliphatic heterocycles. The van der Waals surface area contributed by atoms with Crippen molar-refractivity contribution < 1.29 is 5.11 Å². The van der Waals surface area contributed by atoms with Crippen LogP contribution in [0.1, 0.15) is 16.3 Å². The van der Waals surface area contributed by atoms with Crippen molar-refractivity contribution in [1.29, 1.82) is 5.26 Å². The molecule has 18 heavy (non-hydrogen) atoms. The molecule has 92 valence electrons. The first-order valence-corrected chi connectivity index (χ1v) is 6.32. The maximum atomic E-state index is 8.90. The van der Waals surface area contributed by atoms with Crippen LogP contribution in [0.3, 0.4) is 0 Å². The van der Waals surface area contributed by atoms with Gasteiger partial charge >= 0.3 is 0 Å². The highest BCUT2D eigenvalue weighted by Gasteiger charge is 2.05. The third kappa shape index (κ3) is 2.96. The SMILES string of the molecule is N#Cc1cnc(NCc2nc(CO)cs2)c(Cl)c1. The van der Waals surface area contributed by atoms with Gasteiger partial charge in [0.2, 0.25) is 0 Å². The molecule has 7 heteroatoms. The minimum atomic E-state index is -0.0631. The molecule has 0 atom stereocenters. The van der Waals surface area contributed by atoms with E-state index in [0.29, 0.717) is 28.6 Å². The molecule has 0 aliphatic rings. The lowest BCUT2D eigenvalue weighted by molar-refractivity contribution is 0.277. The summed E-state index contributed by atoms with van der Waals surface area (Å²) in [6, 6.07) is 3.52. The second-order valence-electron chi connectivity index (χ2n) is 3.41. The van der Waals surface area contributed by atoms with Gasteiger partial charge < -0.3 is 10.4 Å². The molecule has 5 nitrogen and oxygen atoms in total. The molecule has 0 saturated carbocycles. The topological polar surface area (TPSA) is 81.8 Å². The van der Waals surface area contributed by atoms with E-state index in [4.69, 9.17) is 22.0 Å². The van der Waals surface area contributed by atoms with Crippen LogP contribution in [0.4, 0.5) is 5.82 Å². The predicted octanol–water partition coefficient (Wildman–Crippen LogP) is 2.17. The number of rotatable bonds is 4. The maximum Gasteiger partial charge on any atom is 0.145 e. The van der Waals surface area contributed by atoms with E-state index >= 15 is 0 Å². The molecule has 0 spiro atoms. The summed E-state index contributed by atoms with van der Waals surface area (Å²) in [6.07, 6.45) is 1.45. The first-order valence-electron chi connectivity index (χ1n) is 5.06. The molecule has 0 aliphatic carbocycles. The molecule has 2 aromatic heterocycles. The molecule has 0 aromatic carbocycles. The monoisotopic (exact) mass is 280 g/mol. The summed E-state index contributed by atoms with van der Waals surface area (Å²) >= 11 is 7.42. The molecule has 2 rings (SSSR count). The lowest BCUT2D eigenvalue weighted by Crippen LogP contribution is -2.02. The Hall–Kier alpha value is -1.68. The summed E-state index contributed by atoms with van der Waals surface area (Å²) in [5.74, 6) is 0.511. The number of nitrogens with one attached hydrogen (secondary N) is 1. The van der Waals surface area contributed by atoms with Crippen molar-refractivity contribution in [3.05, 3.63) is 38.9 Å². The van der Waals surface area contributed by atoms with Crippen molar-refractivity contribution in [2.45, 2.75) is 13.2 Å². The predicted molar refractivity (Wildman–Crippen MR) is 69.3 cm³/mol. The highest BCUT2D eigenvalue weighted by molar-refractivity contribution is 7.09. The van der Waals surface area contributed by atoms with Gasteiger partial charge in [0.05, 0.1) is 29.4 Å². The number of hydrogen-bond donors (Lipinski definition) is 2. The first-order chi connectivity index (χ1) is 8.72. The molecule has 0 bridgehead atoms. The average molecular weight is 281 g/mol. The van der Waals surface area contributed by atoms with Gasteiger partial charge in [-0.1, -0.05) is 11.6 Å². The van der Waals surface area contributed by atoms with Crippen molar-refractivity contribution in [2.24, 2.45) is 0 Å². The second-order valence-corrected chi connectivity index (χ2v) is 4.76. The Morgan fingerprint density at radius 3 is 3.00 bits per heavy atom. The van der Waals surface area contributed by atoms with E-state index in [2.05, 4.69) is 15.3 Å². The number of aliphatic hydroxyl groups is 1. The van der Waals surface area contributed by atoms with Crippen LogP contribution >= 0.6 is 22.9 Å². The summed E-state index contributed by atoms with van der Waals surface area (Å²) in [5, 5.41) is 23.6. The summed E-state index contributed by atoms with van der Waals surface area (Å²) < 4.78 is 0. The Bertz CT molecular complexity index is 593.